The Kier molecular flexibility index (Phi) is 6.58. The third-order valence-corrected chi connectivity index (χ3v) is 5.77. The molecule has 0 heterocycles. The zero-order valence-electron chi connectivity index (χ0n) is 15.9. The van der Waals surface area contributed by atoms with Crippen LogP contribution < -0.4 is 14.8 Å². The van der Waals surface area contributed by atoms with Crippen molar-refractivity contribution in [2.24, 2.45) is 11.8 Å². The topological polar surface area (TPSA) is 84.9 Å². The molecule has 3 rings (SSSR count). The molecular formula is C21H29NO5. The first kappa shape index (κ1) is 19.5. The molecule has 2 aliphatic rings. The normalized spacial score (nSPS) is 23.0. The van der Waals surface area contributed by atoms with Gasteiger partial charge in [-0.15, -0.1) is 0 Å². The lowest BCUT2D eigenvalue weighted by Gasteiger charge is -2.25. The lowest BCUT2D eigenvalue weighted by Crippen LogP contribution is -2.34. The SMILES string of the molecule is COc1cccc(CNC(=O)C2CCC(C(=O)O)CC2)c1OC1CCCC1. The van der Waals surface area contributed by atoms with Gasteiger partial charge in [-0.3, -0.25) is 9.59 Å². The Morgan fingerprint density at radius 1 is 1.07 bits per heavy atom. The van der Waals surface area contributed by atoms with E-state index in [1.54, 1.807) is 7.11 Å². The van der Waals surface area contributed by atoms with Crippen LogP contribution in [0.25, 0.3) is 0 Å². The molecule has 0 atom stereocenters. The molecule has 0 unspecified atom stereocenters. The first-order valence-corrected chi connectivity index (χ1v) is 9.91. The predicted octanol–water partition coefficient (Wildman–Crippen LogP) is 3.52. The molecule has 148 valence electrons. The molecule has 27 heavy (non-hydrogen) atoms. The molecule has 1 aromatic rings. The number of carbonyl (C=O) groups excluding carboxylic acids is 1. The summed E-state index contributed by atoms with van der Waals surface area (Å²) in [5.74, 6) is 0.245. The highest BCUT2D eigenvalue weighted by atomic mass is 16.5. The molecule has 6 heteroatoms. The maximum Gasteiger partial charge on any atom is 0.306 e. The largest absolute Gasteiger partial charge is 0.493 e. The van der Waals surface area contributed by atoms with Crippen LogP contribution in [-0.4, -0.2) is 30.2 Å². The molecule has 2 aliphatic carbocycles. The first-order valence-electron chi connectivity index (χ1n) is 9.91. The molecule has 2 N–H and O–H groups in total. The number of benzene rings is 1. The number of aliphatic carboxylic acids is 1. The number of amides is 1. The minimum atomic E-state index is -0.751. The molecular weight excluding hydrogens is 346 g/mol. The Morgan fingerprint density at radius 2 is 1.74 bits per heavy atom. The fraction of sp³-hybridized carbons (Fsp3) is 0.619. The molecule has 1 amide bonds. The van der Waals surface area contributed by atoms with Crippen LogP contribution in [-0.2, 0) is 16.1 Å². The van der Waals surface area contributed by atoms with Crippen molar-refractivity contribution in [2.75, 3.05) is 7.11 Å². The second-order valence-electron chi connectivity index (χ2n) is 7.58. The van der Waals surface area contributed by atoms with Gasteiger partial charge in [0.1, 0.15) is 0 Å². The van der Waals surface area contributed by atoms with Crippen LogP contribution in [0.4, 0.5) is 0 Å². The number of carboxylic acid groups (broad SMARTS) is 1. The minimum absolute atomic E-state index is 0.00604. The average molecular weight is 375 g/mol. The number of nitrogens with one attached hydrogen (secondary N) is 1. The van der Waals surface area contributed by atoms with E-state index in [0.29, 0.717) is 38.0 Å². The summed E-state index contributed by atoms with van der Waals surface area (Å²) in [6.45, 7) is 0.386. The molecule has 0 radical (unpaired) electrons. The van der Waals surface area contributed by atoms with Gasteiger partial charge < -0.3 is 19.9 Å². The van der Waals surface area contributed by atoms with Gasteiger partial charge in [0, 0.05) is 18.0 Å². The van der Waals surface area contributed by atoms with Crippen LogP contribution in [0.3, 0.4) is 0 Å². The zero-order chi connectivity index (χ0) is 19.2. The molecule has 0 bridgehead atoms. The Balaban J connectivity index is 1.60. The van der Waals surface area contributed by atoms with Crippen LogP contribution in [0.15, 0.2) is 18.2 Å². The predicted molar refractivity (Wildman–Crippen MR) is 101 cm³/mol. The number of methoxy groups -OCH3 is 1. The third-order valence-electron chi connectivity index (χ3n) is 5.77. The van der Waals surface area contributed by atoms with Crippen LogP contribution >= 0.6 is 0 Å². The molecule has 2 fully saturated rings. The highest BCUT2D eigenvalue weighted by molar-refractivity contribution is 5.79. The summed E-state index contributed by atoms with van der Waals surface area (Å²) in [5.41, 5.74) is 0.911. The second kappa shape index (κ2) is 9.11. The van der Waals surface area contributed by atoms with Gasteiger partial charge in [0.15, 0.2) is 11.5 Å². The van der Waals surface area contributed by atoms with Gasteiger partial charge in [0.2, 0.25) is 5.91 Å². The molecule has 1 aromatic carbocycles. The van der Waals surface area contributed by atoms with Crippen molar-refractivity contribution in [3.63, 3.8) is 0 Å². The third kappa shape index (κ3) is 4.93. The highest BCUT2D eigenvalue weighted by Crippen LogP contribution is 2.35. The summed E-state index contributed by atoms with van der Waals surface area (Å²) in [5, 5.41) is 12.1. The van der Waals surface area contributed by atoms with E-state index in [4.69, 9.17) is 14.6 Å². The van der Waals surface area contributed by atoms with E-state index in [1.165, 1.54) is 12.8 Å². The molecule has 0 spiro atoms. The fourth-order valence-corrected chi connectivity index (χ4v) is 4.10. The Bertz CT molecular complexity index is 661. The monoisotopic (exact) mass is 375 g/mol. The standard InChI is InChI=1S/C21H29NO5/c1-26-18-8-4-5-16(19(18)27-17-6-2-3-7-17)13-22-20(23)14-9-11-15(12-10-14)21(24)25/h4-5,8,14-15,17H,2-3,6-7,9-13H2,1H3,(H,22,23)(H,24,25). The zero-order valence-corrected chi connectivity index (χ0v) is 15.9. The van der Waals surface area contributed by atoms with Crippen molar-refractivity contribution < 1.29 is 24.2 Å². The minimum Gasteiger partial charge on any atom is -0.493 e. The average Bonchev–Trinajstić information content (AvgIpc) is 3.20. The highest BCUT2D eigenvalue weighted by Gasteiger charge is 2.30. The Morgan fingerprint density at radius 3 is 2.37 bits per heavy atom. The van der Waals surface area contributed by atoms with E-state index >= 15 is 0 Å². The van der Waals surface area contributed by atoms with Crippen LogP contribution in [0.1, 0.15) is 56.9 Å². The van der Waals surface area contributed by atoms with Crippen LogP contribution in [0.5, 0.6) is 11.5 Å². The Labute approximate surface area is 160 Å². The van der Waals surface area contributed by atoms with Crippen LogP contribution in [0, 0.1) is 11.8 Å². The first-order chi connectivity index (χ1) is 13.1. The smallest absolute Gasteiger partial charge is 0.306 e. The van der Waals surface area contributed by atoms with Crippen molar-refractivity contribution >= 4 is 11.9 Å². The number of hydrogen-bond acceptors (Lipinski definition) is 4. The number of carbonyl (C=O) groups is 2. The van der Waals surface area contributed by atoms with Gasteiger partial charge >= 0.3 is 5.97 Å². The number of para-hydroxylation sites is 1. The molecule has 0 aliphatic heterocycles. The fourth-order valence-electron chi connectivity index (χ4n) is 4.10. The summed E-state index contributed by atoms with van der Waals surface area (Å²) >= 11 is 0. The van der Waals surface area contributed by atoms with E-state index in [2.05, 4.69) is 5.32 Å². The van der Waals surface area contributed by atoms with Gasteiger partial charge in [-0.2, -0.15) is 0 Å². The lowest BCUT2D eigenvalue weighted by atomic mass is 9.81. The lowest BCUT2D eigenvalue weighted by molar-refractivity contribution is -0.144. The van der Waals surface area contributed by atoms with Crippen molar-refractivity contribution in [2.45, 2.75) is 64.0 Å². The van der Waals surface area contributed by atoms with Crippen molar-refractivity contribution in [1.82, 2.24) is 5.32 Å². The summed E-state index contributed by atoms with van der Waals surface area (Å²) in [7, 11) is 1.63. The van der Waals surface area contributed by atoms with Gasteiger partial charge in [0.05, 0.1) is 19.1 Å². The summed E-state index contributed by atoms with van der Waals surface area (Å²) in [6, 6.07) is 5.73. The van der Waals surface area contributed by atoms with Crippen LogP contribution in [0.2, 0.25) is 0 Å². The second-order valence-corrected chi connectivity index (χ2v) is 7.58. The van der Waals surface area contributed by atoms with E-state index in [0.717, 1.165) is 24.2 Å². The van der Waals surface area contributed by atoms with E-state index in [9.17, 15) is 9.59 Å². The molecule has 0 saturated heterocycles. The molecule has 6 nitrogen and oxygen atoms in total. The van der Waals surface area contributed by atoms with E-state index in [1.807, 2.05) is 18.2 Å². The summed E-state index contributed by atoms with van der Waals surface area (Å²) < 4.78 is 11.7. The molecule has 0 aromatic heterocycles. The van der Waals surface area contributed by atoms with E-state index in [-0.39, 0.29) is 23.8 Å². The number of carboxylic acids is 1. The summed E-state index contributed by atoms with van der Waals surface area (Å²) in [4.78, 5) is 23.6. The summed E-state index contributed by atoms with van der Waals surface area (Å²) in [6.07, 6.45) is 7.09. The van der Waals surface area contributed by atoms with Gasteiger partial charge in [0.25, 0.3) is 0 Å². The molecule has 2 saturated carbocycles. The maximum absolute atomic E-state index is 12.5. The maximum atomic E-state index is 12.5. The quantitative estimate of drug-likeness (QED) is 0.762. The van der Waals surface area contributed by atoms with Crippen molar-refractivity contribution in [1.29, 1.82) is 0 Å². The number of hydrogen-bond donors (Lipinski definition) is 2. The van der Waals surface area contributed by atoms with Crippen molar-refractivity contribution in [3.05, 3.63) is 23.8 Å². The Hall–Kier alpha value is -2.24. The van der Waals surface area contributed by atoms with Crippen molar-refractivity contribution in [3.8, 4) is 11.5 Å². The number of rotatable bonds is 7. The number of ether oxygens (including phenoxy) is 2. The van der Waals surface area contributed by atoms with Gasteiger partial charge in [-0.05, 0) is 57.4 Å². The van der Waals surface area contributed by atoms with Gasteiger partial charge in [-0.1, -0.05) is 12.1 Å². The van der Waals surface area contributed by atoms with Gasteiger partial charge in [-0.25, -0.2) is 0 Å². The van der Waals surface area contributed by atoms with E-state index < -0.39 is 5.97 Å².